The summed E-state index contributed by atoms with van der Waals surface area (Å²) in [6.07, 6.45) is 9.92. The molecule has 2 unspecified atom stereocenters. The Morgan fingerprint density at radius 3 is 2.39 bits per heavy atom. The van der Waals surface area contributed by atoms with Gasteiger partial charge >= 0.3 is 0 Å². The highest BCUT2D eigenvalue weighted by molar-refractivity contribution is 6.32. The predicted molar refractivity (Wildman–Crippen MR) is 69.3 cm³/mol. The summed E-state index contributed by atoms with van der Waals surface area (Å²) in [5, 5.41) is 24.6. The highest BCUT2D eigenvalue weighted by Crippen LogP contribution is 2.66. The Labute approximate surface area is 108 Å². The lowest BCUT2D eigenvalue weighted by atomic mass is 9.43. The van der Waals surface area contributed by atoms with E-state index < -0.39 is 0 Å². The zero-order valence-electron chi connectivity index (χ0n) is 11.0. The van der Waals surface area contributed by atoms with Crippen molar-refractivity contribution in [3.05, 3.63) is 0 Å². The van der Waals surface area contributed by atoms with E-state index in [0.717, 1.165) is 31.1 Å². The third-order valence-corrected chi connectivity index (χ3v) is 5.76. The maximum absolute atomic E-state index is 9.26. The molecule has 4 aliphatic rings. The van der Waals surface area contributed by atoms with Gasteiger partial charge in [0.25, 0.3) is 0 Å². The van der Waals surface area contributed by atoms with E-state index in [1.807, 2.05) is 0 Å². The van der Waals surface area contributed by atoms with Crippen LogP contribution in [0.15, 0.2) is 10.3 Å². The van der Waals surface area contributed by atoms with Gasteiger partial charge in [0.05, 0.1) is 6.21 Å². The van der Waals surface area contributed by atoms with Crippen LogP contribution in [0.3, 0.4) is 0 Å². The second kappa shape index (κ2) is 3.97. The van der Waals surface area contributed by atoms with Crippen molar-refractivity contribution in [1.29, 1.82) is 0 Å². The normalized spacial score (nSPS) is 47.1. The fraction of sp³-hybridized carbons (Fsp3) is 0.857. The zero-order valence-corrected chi connectivity index (χ0v) is 11.0. The molecule has 4 rings (SSSR count). The number of oxime groups is 2. The first kappa shape index (κ1) is 12.0. The first-order chi connectivity index (χ1) is 8.65. The van der Waals surface area contributed by atoms with Crippen LogP contribution < -0.4 is 0 Å². The summed E-state index contributed by atoms with van der Waals surface area (Å²) in [6, 6.07) is 0. The van der Waals surface area contributed by atoms with Crippen molar-refractivity contribution in [3.63, 3.8) is 0 Å². The molecule has 4 fully saturated rings. The van der Waals surface area contributed by atoms with Crippen LogP contribution in [0.25, 0.3) is 0 Å². The topological polar surface area (TPSA) is 65.2 Å². The molecule has 4 nitrogen and oxygen atoms in total. The van der Waals surface area contributed by atoms with Crippen molar-refractivity contribution >= 4 is 11.9 Å². The first-order valence-corrected chi connectivity index (χ1v) is 7.05. The van der Waals surface area contributed by atoms with Crippen LogP contribution in [-0.4, -0.2) is 22.3 Å². The van der Waals surface area contributed by atoms with E-state index in [9.17, 15) is 5.21 Å². The minimum absolute atomic E-state index is 0.0267. The Morgan fingerprint density at radius 2 is 1.89 bits per heavy atom. The SMILES string of the molecule is CCC12CC3CC(C1)CC(C(C=NO)=NO)(C3)C2. The van der Waals surface area contributed by atoms with Crippen LogP contribution in [0.2, 0.25) is 0 Å². The molecule has 0 aromatic rings. The molecule has 0 aromatic carbocycles. The van der Waals surface area contributed by atoms with Crippen molar-refractivity contribution in [1.82, 2.24) is 0 Å². The van der Waals surface area contributed by atoms with Crippen molar-refractivity contribution < 1.29 is 10.4 Å². The van der Waals surface area contributed by atoms with E-state index in [0.29, 0.717) is 11.1 Å². The molecule has 100 valence electrons. The number of nitrogens with zero attached hydrogens (tertiary/aromatic N) is 2. The molecule has 0 aliphatic heterocycles. The van der Waals surface area contributed by atoms with E-state index in [-0.39, 0.29) is 5.41 Å². The van der Waals surface area contributed by atoms with Gasteiger partial charge in [-0.15, -0.1) is 0 Å². The fourth-order valence-corrected chi connectivity index (χ4v) is 5.49. The lowest BCUT2D eigenvalue weighted by molar-refractivity contribution is -0.0799. The van der Waals surface area contributed by atoms with E-state index in [4.69, 9.17) is 5.21 Å². The first-order valence-electron chi connectivity index (χ1n) is 7.05. The molecule has 2 N–H and O–H groups in total. The Hall–Kier alpha value is -1.06. The predicted octanol–water partition coefficient (Wildman–Crippen LogP) is 3.27. The van der Waals surface area contributed by atoms with Gasteiger partial charge in [0.2, 0.25) is 0 Å². The Morgan fingerprint density at radius 1 is 1.22 bits per heavy atom. The molecule has 0 amide bonds. The maximum atomic E-state index is 9.26. The maximum Gasteiger partial charge on any atom is 0.107 e. The molecule has 2 atom stereocenters. The van der Waals surface area contributed by atoms with Crippen molar-refractivity contribution in [2.24, 2.45) is 33.0 Å². The lowest BCUT2D eigenvalue weighted by Gasteiger charge is -2.62. The Bertz CT molecular complexity index is 389. The van der Waals surface area contributed by atoms with Gasteiger partial charge in [0, 0.05) is 5.41 Å². The summed E-state index contributed by atoms with van der Waals surface area (Å²) in [6.45, 7) is 2.29. The summed E-state index contributed by atoms with van der Waals surface area (Å²) >= 11 is 0. The highest BCUT2D eigenvalue weighted by Gasteiger charge is 2.58. The lowest BCUT2D eigenvalue weighted by Crippen LogP contribution is -2.55. The second-order valence-electron chi connectivity index (χ2n) is 6.82. The smallest absolute Gasteiger partial charge is 0.107 e. The van der Waals surface area contributed by atoms with Crippen LogP contribution in [0.4, 0.5) is 0 Å². The molecule has 4 bridgehead atoms. The van der Waals surface area contributed by atoms with Crippen LogP contribution in [0.1, 0.15) is 51.9 Å². The quantitative estimate of drug-likeness (QED) is 0.458. The summed E-state index contributed by atoms with van der Waals surface area (Å²) in [4.78, 5) is 0. The van der Waals surface area contributed by atoms with Gasteiger partial charge in [0.15, 0.2) is 0 Å². The third kappa shape index (κ3) is 1.57. The average molecular weight is 250 g/mol. The number of rotatable bonds is 3. The van der Waals surface area contributed by atoms with Gasteiger partial charge in [0.1, 0.15) is 5.71 Å². The minimum atomic E-state index is -0.0267. The molecule has 4 heteroatoms. The van der Waals surface area contributed by atoms with E-state index in [2.05, 4.69) is 17.2 Å². The molecule has 4 aliphatic carbocycles. The standard InChI is InChI=1S/C14H22N2O2/c1-2-13-4-10-3-11(5-13)7-14(6-10,9-13)12(16-18)8-15-17/h8,10-11,17-18H,2-7,9H2,1H3. The van der Waals surface area contributed by atoms with Gasteiger partial charge in [-0.05, 0) is 55.8 Å². The van der Waals surface area contributed by atoms with Gasteiger partial charge in [-0.3, -0.25) is 0 Å². The molecular formula is C14H22N2O2. The van der Waals surface area contributed by atoms with Crippen LogP contribution in [0.5, 0.6) is 0 Å². The van der Waals surface area contributed by atoms with E-state index >= 15 is 0 Å². The highest BCUT2D eigenvalue weighted by atomic mass is 16.4. The molecule has 18 heavy (non-hydrogen) atoms. The van der Waals surface area contributed by atoms with E-state index in [1.54, 1.807) is 0 Å². The molecular weight excluding hydrogens is 228 g/mol. The van der Waals surface area contributed by atoms with Crippen LogP contribution in [0, 0.1) is 22.7 Å². The van der Waals surface area contributed by atoms with Crippen molar-refractivity contribution in [2.45, 2.75) is 51.9 Å². The molecule has 0 saturated heterocycles. The van der Waals surface area contributed by atoms with Gasteiger partial charge in [-0.25, -0.2) is 0 Å². The molecule has 4 saturated carbocycles. The largest absolute Gasteiger partial charge is 0.411 e. The van der Waals surface area contributed by atoms with Crippen molar-refractivity contribution in [3.8, 4) is 0 Å². The van der Waals surface area contributed by atoms with E-state index in [1.165, 1.54) is 31.9 Å². The molecule has 0 aromatic heterocycles. The Kier molecular flexibility index (Phi) is 2.65. The second-order valence-corrected chi connectivity index (χ2v) is 6.82. The fourth-order valence-electron chi connectivity index (χ4n) is 5.49. The monoisotopic (exact) mass is 250 g/mol. The summed E-state index contributed by atoms with van der Waals surface area (Å²) in [7, 11) is 0. The van der Waals surface area contributed by atoms with Crippen molar-refractivity contribution in [2.75, 3.05) is 0 Å². The summed E-state index contributed by atoms with van der Waals surface area (Å²) < 4.78 is 0. The summed E-state index contributed by atoms with van der Waals surface area (Å²) in [5.41, 5.74) is 1.02. The third-order valence-electron chi connectivity index (χ3n) is 5.76. The van der Waals surface area contributed by atoms with Gasteiger partial charge in [-0.2, -0.15) is 0 Å². The van der Waals surface area contributed by atoms with Crippen LogP contribution >= 0.6 is 0 Å². The number of hydrogen-bond donors (Lipinski definition) is 2. The average Bonchev–Trinajstić information content (AvgIpc) is 2.34. The molecule has 0 spiro atoms. The van der Waals surface area contributed by atoms with Crippen LogP contribution in [-0.2, 0) is 0 Å². The minimum Gasteiger partial charge on any atom is -0.411 e. The number of hydrogen-bond acceptors (Lipinski definition) is 4. The zero-order chi connectivity index (χ0) is 12.8. The van der Waals surface area contributed by atoms with Gasteiger partial charge in [-0.1, -0.05) is 23.7 Å². The Balaban J connectivity index is 1.98. The summed E-state index contributed by atoms with van der Waals surface area (Å²) in [5.74, 6) is 1.55. The van der Waals surface area contributed by atoms with Gasteiger partial charge < -0.3 is 10.4 Å². The molecule has 0 heterocycles. The molecule has 0 radical (unpaired) electrons.